The van der Waals surface area contributed by atoms with E-state index < -0.39 is 9.84 Å². The first-order valence-corrected chi connectivity index (χ1v) is 7.43. The van der Waals surface area contributed by atoms with Crippen LogP contribution in [-0.2, 0) is 16.4 Å². The molecule has 0 saturated heterocycles. The lowest BCUT2D eigenvalue weighted by molar-refractivity contribution is 0.591. The minimum absolute atomic E-state index is 0.143. The smallest absolute Gasteiger partial charge is 0.151 e. The molecule has 0 aromatic heterocycles. The van der Waals surface area contributed by atoms with Crippen molar-refractivity contribution in [2.24, 2.45) is 0 Å². The molecule has 1 aromatic rings. The van der Waals surface area contributed by atoms with Crippen molar-refractivity contribution >= 4 is 9.84 Å². The van der Waals surface area contributed by atoms with Gasteiger partial charge in [-0.25, -0.2) is 12.8 Å². The molecule has 0 radical (unpaired) electrons. The highest BCUT2D eigenvalue weighted by Gasteiger charge is 2.06. The molecule has 0 unspecified atom stereocenters. The van der Waals surface area contributed by atoms with Gasteiger partial charge in [0, 0.05) is 18.8 Å². The molecule has 0 spiro atoms. The van der Waals surface area contributed by atoms with Crippen molar-refractivity contribution in [1.82, 2.24) is 5.32 Å². The highest BCUT2D eigenvalue weighted by molar-refractivity contribution is 7.91. The molecule has 1 N–H and O–H groups in total. The summed E-state index contributed by atoms with van der Waals surface area (Å²) >= 11 is 0. The van der Waals surface area contributed by atoms with E-state index in [1.54, 1.807) is 26.0 Å². The van der Waals surface area contributed by atoms with Gasteiger partial charge >= 0.3 is 0 Å². The van der Waals surface area contributed by atoms with Crippen LogP contribution in [0, 0.1) is 12.7 Å². The van der Waals surface area contributed by atoms with Gasteiger partial charge in [0.15, 0.2) is 9.84 Å². The summed E-state index contributed by atoms with van der Waals surface area (Å²) in [7, 11) is -2.91. The highest BCUT2D eigenvalue weighted by Crippen LogP contribution is 2.08. The molecule has 0 atom stereocenters. The second-order valence-corrected chi connectivity index (χ2v) is 6.47. The Hall–Kier alpha value is -0.940. The van der Waals surface area contributed by atoms with E-state index >= 15 is 0 Å². The first kappa shape index (κ1) is 14.1. The summed E-state index contributed by atoms with van der Waals surface area (Å²) in [5.74, 6) is 0.0934. The number of nitrogens with one attached hydrogen (secondary N) is 1. The van der Waals surface area contributed by atoms with Crippen LogP contribution < -0.4 is 5.32 Å². The third-order valence-electron chi connectivity index (χ3n) is 2.58. The summed E-state index contributed by atoms with van der Waals surface area (Å²) in [6, 6.07) is 4.88. The number of aryl methyl sites for hydroxylation is 1. The van der Waals surface area contributed by atoms with E-state index in [1.165, 1.54) is 6.07 Å². The van der Waals surface area contributed by atoms with Crippen molar-refractivity contribution in [1.29, 1.82) is 0 Å². The maximum absolute atomic E-state index is 13.0. The van der Waals surface area contributed by atoms with Crippen molar-refractivity contribution in [2.45, 2.75) is 20.4 Å². The molecule has 96 valence electrons. The van der Waals surface area contributed by atoms with Gasteiger partial charge in [0.2, 0.25) is 0 Å². The molecule has 0 fully saturated rings. The maximum atomic E-state index is 13.0. The van der Waals surface area contributed by atoms with Gasteiger partial charge in [-0.2, -0.15) is 0 Å². The zero-order valence-electron chi connectivity index (χ0n) is 10.2. The van der Waals surface area contributed by atoms with E-state index in [9.17, 15) is 12.8 Å². The molecule has 1 rings (SSSR count). The van der Waals surface area contributed by atoms with Crippen LogP contribution in [0.1, 0.15) is 18.1 Å². The van der Waals surface area contributed by atoms with E-state index in [0.29, 0.717) is 18.7 Å². The first-order valence-electron chi connectivity index (χ1n) is 5.61. The van der Waals surface area contributed by atoms with Gasteiger partial charge < -0.3 is 5.32 Å². The molecular formula is C12H18FNO2S. The second-order valence-electron chi connectivity index (χ2n) is 4.00. The third kappa shape index (κ3) is 4.83. The van der Waals surface area contributed by atoms with Crippen molar-refractivity contribution in [3.05, 3.63) is 35.1 Å². The molecular weight excluding hydrogens is 241 g/mol. The predicted octanol–water partition coefficient (Wildman–Crippen LogP) is 1.66. The monoisotopic (exact) mass is 259 g/mol. The van der Waals surface area contributed by atoms with Crippen LogP contribution in [0.3, 0.4) is 0 Å². The molecule has 1 aromatic carbocycles. The van der Waals surface area contributed by atoms with E-state index in [1.807, 2.05) is 0 Å². The molecule has 0 aliphatic rings. The minimum atomic E-state index is -2.91. The molecule has 5 heteroatoms. The highest BCUT2D eigenvalue weighted by atomic mass is 32.2. The molecule has 0 aliphatic carbocycles. The topological polar surface area (TPSA) is 46.2 Å². The number of rotatable bonds is 6. The SMILES string of the molecule is CCS(=O)(=O)CCNCc1ccc(F)c(C)c1. The van der Waals surface area contributed by atoms with Crippen molar-refractivity contribution < 1.29 is 12.8 Å². The van der Waals surface area contributed by atoms with Crippen LogP contribution in [0.25, 0.3) is 0 Å². The number of hydrogen-bond donors (Lipinski definition) is 1. The van der Waals surface area contributed by atoms with E-state index in [2.05, 4.69) is 5.32 Å². The summed E-state index contributed by atoms with van der Waals surface area (Å²) in [6.45, 7) is 4.33. The number of hydrogen-bond acceptors (Lipinski definition) is 3. The van der Waals surface area contributed by atoms with Crippen molar-refractivity contribution in [3.63, 3.8) is 0 Å². The van der Waals surface area contributed by atoms with Gasteiger partial charge in [-0.15, -0.1) is 0 Å². The summed E-state index contributed by atoms with van der Waals surface area (Å²) in [4.78, 5) is 0. The number of benzene rings is 1. The Kier molecular flexibility index (Phi) is 5.08. The van der Waals surface area contributed by atoms with E-state index in [-0.39, 0.29) is 17.3 Å². The van der Waals surface area contributed by atoms with Crippen LogP contribution >= 0.6 is 0 Å². The fourth-order valence-electron chi connectivity index (χ4n) is 1.42. The van der Waals surface area contributed by atoms with Crippen molar-refractivity contribution in [3.8, 4) is 0 Å². The molecule has 17 heavy (non-hydrogen) atoms. The third-order valence-corrected chi connectivity index (χ3v) is 4.29. The quantitative estimate of drug-likeness (QED) is 0.790. The first-order chi connectivity index (χ1) is 7.94. The van der Waals surface area contributed by atoms with E-state index in [0.717, 1.165) is 5.56 Å². The fraction of sp³-hybridized carbons (Fsp3) is 0.500. The van der Waals surface area contributed by atoms with Crippen LogP contribution in [0.15, 0.2) is 18.2 Å². The lowest BCUT2D eigenvalue weighted by atomic mass is 10.1. The largest absolute Gasteiger partial charge is 0.312 e. The second kappa shape index (κ2) is 6.12. The number of sulfone groups is 1. The Labute approximate surface area is 102 Å². The Balaban J connectivity index is 2.39. The van der Waals surface area contributed by atoms with Crippen LogP contribution in [0.5, 0.6) is 0 Å². The summed E-state index contributed by atoms with van der Waals surface area (Å²) in [6.07, 6.45) is 0. The summed E-state index contributed by atoms with van der Waals surface area (Å²) in [5, 5.41) is 3.04. The van der Waals surface area contributed by atoms with Gasteiger partial charge in [-0.3, -0.25) is 0 Å². The van der Waals surface area contributed by atoms with Crippen LogP contribution in [-0.4, -0.2) is 26.5 Å². The van der Waals surface area contributed by atoms with Gasteiger partial charge in [0.1, 0.15) is 5.82 Å². The fourth-order valence-corrected chi connectivity index (χ4v) is 2.17. The predicted molar refractivity (Wildman–Crippen MR) is 67.2 cm³/mol. The molecule has 3 nitrogen and oxygen atoms in total. The van der Waals surface area contributed by atoms with Crippen LogP contribution in [0.4, 0.5) is 4.39 Å². The molecule has 0 aliphatic heterocycles. The van der Waals surface area contributed by atoms with Gasteiger partial charge in [0.25, 0.3) is 0 Å². The van der Waals surface area contributed by atoms with Gasteiger partial charge in [-0.05, 0) is 24.1 Å². The normalized spacial score (nSPS) is 11.7. The van der Waals surface area contributed by atoms with Gasteiger partial charge in [-0.1, -0.05) is 19.1 Å². The minimum Gasteiger partial charge on any atom is -0.312 e. The molecule has 0 amide bonds. The summed E-state index contributed by atoms with van der Waals surface area (Å²) < 4.78 is 35.4. The Bertz CT molecular complexity index is 471. The summed E-state index contributed by atoms with van der Waals surface area (Å²) in [5.41, 5.74) is 1.56. The number of halogens is 1. The average Bonchev–Trinajstić information content (AvgIpc) is 2.29. The molecule has 0 heterocycles. The lowest BCUT2D eigenvalue weighted by Gasteiger charge is -2.06. The Morgan fingerprint density at radius 2 is 2.06 bits per heavy atom. The average molecular weight is 259 g/mol. The standard InChI is InChI=1S/C12H18FNO2S/c1-3-17(15,16)7-6-14-9-11-4-5-12(13)10(2)8-11/h4-5,8,14H,3,6-7,9H2,1-2H3. The Morgan fingerprint density at radius 3 is 2.65 bits per heavy atom. The molecule has 0 bridgehead atoms. The zero-order valence-corrected chi connectivity index (χ0v) is 11.0. The van der Waals surface area contributed by atoms with E-state index in [4.69, 9.17) is 0 Å². The lowest BCUT2D eigenvalue weighted by Crippen LogP contribution is -2.23. The van der Waals surface area contributed by atoms with Gasteiger partial charge in [0.05, 0.1) is 5.75 Å². The van der Waals surface area contributed by atoms with Crippen molar-refractivity contribution in [2.75, 3.05) is 18.1 Å². The Morgan fingerprint density at radius 1 is 1.35 bits per heavy atom. The zero-order chi connectivity index (χ0) is 12.9. The maximum Gasteiger partial charge on any atom is 0.151 e. The van der Waals surface area contributed by atoms with Crippen LogP contribution in [0.2, 0.25) is 0 Å². The molecule has 0 saturated carbocycles.